The van der Waals surface area contributed by atoms with Crippen LogP contribution in [0.15, 0.2) is 0 Å². The van der Waals surface area contributed by atoms with Crippen molar-refractivity contribution < 1.29 is 9.90 Å². The van der Waals surface area contributed by atoms with Gasteiger partial charge in [0.2, 0.25) is 0 Å². The van der Waals surface area contributed by atoms with Crippen molar-refractivity contribution in [2.75, 3.05) is 0 Å². The number of unbranched alkanes of at least 4 members (excludes halogenated alkanes) is 8. The van der Waals surface area contributed by atoms with E-state index in [9.17, 15) is 9.90 Å². The number of hydrogen-bond acceptors (Lipinski definition) is 1. The second kappa shape index (κ2) is 17.9. The molecular weight excluding hydrogens is 320 g/mol. The second-order valence-electron chi connectivity index (χ2n) is 8.67. The standard InChI is InChI=1S/C24H48O2/c1-5-8-10-11-12-13-14-15-17-21(4)19-23(24(25)26)20-22(16-7-3)18-9-6-2/h21-23H,5-20H2,1-4H3,(H,25,26). The van der Waals surface area contributed by atoms with E-state index in [1.807, 2.05) is 0 Å². The van der Waals surface area contributed by atoms with E-state index < -0.39 is 5.97 Å². The molecule has 0 aliphatic heterocycles. The normalized spacial score (nSPS) is 14.9. The van der Waals surface area contributed by atoms with Crippen LogP contribution in [0.5, 0.6) is 0 Å². The third-order valence-corrected chi connectivity index (χ3v) is 5.87. The number of carboxylic acid groups (broad SMARTS) is 1. The van der Waals surface area contributed by atoms with Crippen molar-refractivity contribution in [1.82, 2.24) is 0 Å². The summed E-state index contributed by atoms with van der Waals surface area (Å²) in [6.07, 6.45) is 19.8. The van der Waals surface area contributed by atoms with E-state index in [1.54, 1.807) is 0 Å². The highest BCUT2D eigenvalue weighted by Gasteiger charge is 2.24. The maximum absolute atomic E-state index is 11.7. The average Bonchev–Trinajstić information content (AvgIpc) is 2.61. The van der Waals surface area contributed by atoms with E-state index in [4.69, 9.17) is 0 Å². The minimum Gasteiger partial charge on any atom is -0.481 e. The SMILES string of the molecule is CCCCCCCCCCC(C)CC(CC(CCC)CCCC)C(=O)O. The molecule has 2 heteroatoms. The Hall–Kier alpha value is -0.530. The summed E-state index contributed by atoms with van der Waals surface area (Å²) in [5, 5.41) is 9.68. The molecule has 2 nitrogen and oxygen atoms in total. The highest BCUT2D eigenvalue weighted by atomic mass is 16.4. The van der Waals surface area contributed by atoms with Crippen molar-refractivity contribution in [2.45, 2.75) is 130 Å². The first-order chi connectivity index (χ1) is 12.5. The maximum Gasteiger partial charge on any atom is 0.306 e. The summed E-state index contributed by atoms with van der Waals surface area (Å²) < 4.78 is 0. The Morgan fingerprint density at radius 3 is 1.81 bits per heavy atom. The van der Waals surface area contributed by atoms with Crippen LogP contribution in [0.1, 0.15) is 130 Å². The molecule has 3 unspecified atom stereocenters. The maximum atomic E-state index is 11.7. The lowest BCUT2D eigenvalue weighted by molar-refractivity contribution is -0.143. The van der Waals surface area contributed by atoms with Crippen LogP contribution < -0.4 is 0 Å². The Morgan fingerprint density at radius 2 is 1.27 bits per heavy atom. The van der Waals surface area contributed by atoms with Gasteiger partial charge in [-0.05, 0) is 24.7 Å². The highest BCUT2D eigenvalue weighted by Crippen LogP contribution is 2.29. The topological polar surface area (TPSA) is 37.3 Å². The van der Waals surface area contributed by atoms with Crippen molar-refractivity contribution in [3.63, 3.8) is 0 Å². The van der Waals surface area contributed by atoms with Gasteiger partial charge in [-0.1, -0.05) is 118 Å². The van der Waals surface area contributed by atoms with Crippen LogP contribution in [-0.4, -0.2) is 11.1 Å². The predicted octanol–water partition coefficient (Wildman–Crippen LogP) is 8.24. The predicted molar refractivity (Wildman–Crippen MR) is 115 cm³/mol. The molecule has 0 aliphatic carbocycles. The highest BCUT2D eigenvalue weighted by molar-refractivity contribution is 5.69. The zero-order chi connectivity index (χ0) is 19.6. The van der Waals surface area contributed by atoms with Crippen LogP contribution in [0, 0.1) is 17.8 Å². The Labute approximate surface area is 164 Å². The van der Waals surface area contributed by atoms with E-state index in [-0.39, 0.29) is 5.92 Å². The molecular formula is C24H48O2. The molecule has 1 N–H and O–H groups in total. The summed E-state index contributed by atoms with van der Waals surface area (Å²) in [6, 6.07) is 0. The minimum absolute atomic E-state index is 0.132. The lowest BCUT2D eigenvalue weighted by Crippen LogP contribution is -2.20. The fourth-order valence-electron chi connectivity index (χ4n) is 4.21. The lowest BCUT2D eigenvalue weighted by atomic mass is 9.82. The molecule has 0 spiro atoms. The van der Waals surface area contributed by atoms with Crippen LogP contribution in [-0.2, 0) is 4.79 Å². The molecule has 0 rings (SSSR count). The minimum atomic E-state index is -0.564. The molecule has 0 aromatic carbocycles. The van der Waals surface area contributed by atoms with Gasteiger partial charge in [-0.15, -0.1) is 0 Å². The summed E-state index contributed by atoms with van der Waals surface area (Å²) in [7, 11) is 0. The van der Waals surface area contributed by atoms with E-state index >= 15 is 0 Å². The van der Waals surface area contributed by atoms with Crippen LogP contribution in [0.2, 0.25) is 0 Å². The van der Waals surface area contributed by atoms with Gasteiger partial charge in [0.1, 0.15) is 0 Å². The van der Waals surface area contributed by atoms with Crippen LogP contribution >= 0.6 is 0 Å². The Morgan fingerprint density at radius 1 is 0.692 bits per heavy atom. The zero-order valence-electron chi connectivity index (χ0n) is 18.4. The van der Waals surface area contributed by atoms with E-state index in [0.29, 0.717) is 11.8 Å². The van der Waals surface area contributed by atoms with Crippen LogP contribution in [0.3, 0.4) is 0 Å². The van der Waals surface area contributed by atoms with Crippen molar-refractivity contribution in [2.24, 2.45) is 17.8 Å². The molecule has 0 aromatic rings. The number of carboxylic acids is 1. The van der Waals surface area contributed by atoms with Crippen molar-refractivity contribution >= 4 is 5.97 Å². The molecule has 0 saturated heterocycles. The molecule has 0 bridgehead atoms. The first-order valence-electron chi connectivity index (χ1n) is 11.8. The van der Waals surface area contributed by atoms with Crippen molar-refractivity contribution in [3.05, 3.63) is 0 Å². The van der Waals surface area contributed by atoms with E-state index in [1.165, 1.54) is 89.9 Å². The fourth-order valence-corrected chi connectivity index (χ4v) is 4.21. The third-order valence-electron chi connectivity index (χ3n) is 5.87. The van der Waals surface area contributed by atoms with Gasteiger partial charge in [-0.25, -0.2) is 0 Å². The van der Waals surface area contributed by atoms with E-state index in [0.717, 1.165) is 12.8 Å². The summed E-state index contributed by atoms with van der Waals surface area (Å²) in [5.74, 6) is 0.457. The fraction of sp³-hybridized carbons (Fsp3) is 0.958. The molecule has 0 heterocycles. The van der Waals surface area contributed by atoms with Gasteiger partial charge < -0.3 is 5.11 Å². The number of rotatable bonds is 19. The monoisotopic (exact) mass is 368 g/mol. The number of aliphatic carboxylic acids is 1. The largest absolute Gasteiger partial charge is 0.481 e. The van der Waals surface area contributed by atoms with Gasteiger partial charge in [0.15, 0.2) is 0 Å². The average molecular weight is 369 g/mol. The summed E-state index contributed by atoms with van der Waals surface area (Å²) in [4.78, 5) is 11.7. The molecule has 0 saturated carbocycles. The number of carbonyl (C=O) groups is 1. The molecule has 0 aliphatic rings. The van der Waals surface area contributed by atoms with Crippen LogP contribution in [0.4, 0.5) is 0 Å². The molecule has 0 aromatic heterocycles. The van der Waals surface area contributed by atoms with Gasteiger partial charge in [0.25, 0.3) is 0 Å². The number of hydrogen-bond donors (Lipinski definition) is 1. The van der Waals surface area contributed by atoms with Gasteiger partial charge in [0, 0.05) is 0 Å². The smallest absolute Gasteiger partial charge is 0.306 e. The van der Waals surface area contributed by atoms with E-state index in [2.05, 4.69) is 27.7 Å². The first kappa shape index (κ1) is 25.5. The zero-order valence-corrected chi connectivity index (χ0v) is 18.4. The molecule has 0 amide bonds. The molecule has 26 heavy (non-hydrogen) atoms. The first-order valence-corrected chi connectivity index (χ1v) is 11.8. The van der Waals surface area contributed by atoms with Gasteiger partial charge in [-0.2, -0.15) is 0 Å². The molecule has 0 radical (unpaired) electrons. The third kappa shape index (κ3) is 14.6. The summed E-state index contributed by atoms with van der Waals surface area (Å²) >= 11 is 0. The Balaban J connectivity index is 4.05. The quantitative estimate of drug-likeness (QED) is 0.233. The van der Waals surface area contributed by atoms with Crippen molar-refractivity contribution in [1.29, 1.82) is 0 Å². The molecule has 156 valence electrons. The summed E-state index contributed by atoms with van der Waals surface area (Å²) in [6.45, 7) is 8.97. The van der Waals surface area contributed by atoms with Gasteiger partial charge in [-0.3, -0.25) is 4.79 Å². The summed E-state index contributed by atoms with van der Waals surface area (Å²) in [5.41, 5.74) is 0. The van der Waals surface area contributed by atoms with Crippen molar-refractivity contribution in [3.8, 4) is 0 Å². The Bertz CT molecular complexity index is 313. The molecule has 3 atom stereocenters. The second-order valence-corrected chi connectivity index (χ2v) is 8.67. The van der Waals surface area contributed by atoms with Crippen LogP contribution in [0.25, 0.3) is 0 Å². The molecule has 0 fully saturated rings. The lowest BCUT2D eigenvalue weighted by Gasteiger charge is -2.23. The van der Waals surface area contributed by atoms with Gasteiger partial charge >= 0.3 is 5.97 Å². The van der Waals surface area contributed by atoms with Gasteiger partial charge in [0.05, 0.1) is 5.92 Å². The Kier molecular flexibility index (Phi) is 17.5.